The van der Waals surface area contributed by atoms with E-state index < -0.39 is 0 Å². The number of hydrogen-bond acceptors (Lipinski definition) is 3. The summed E-state index contributed by atoms with van der Waals surface area (Å²) in [7, 11) is 0. The monoisotopic (exact) mass is 255 g/mol. The van der Waals surface area contributed by atoms with Gasteiger partial charge < -0.3 is 10.6 Å². The van der Waals surface area contributed by atoms with Crippen molar-refractivity contribution >= 4 is 5.91 Å². The molecule has 1 atom stereocenters. The predicted octanol–water partition coefficient (Wildman–Crippen LogP) is 1.22. The van der Waals surface area contributed by atoms with E-state index in [1.807, 2.05) is 0 Å². The number of piperidine rings is 1. The maximum atomic E-state index is 11.8. The van der Waals surface area contributed by atoms with Crippen molar-refractivity contribution < 1.29 is 4.79 Å². The zero-order valence-corrected chi connectivity index (χ0v) is 12.2. The highest BCUT2D eigenvalue weighted by atomic mass is 16.2. The second kappa shape index (κ2) is 8.48. The van der Waals surface area contributed by atoms with E-state index >= 15 is 0 Å². The fourth-order valence-electron chi connectivity index (χ4n) is 2.41. The van der Waals surface area contributed by atoms with Crippen molar-refractivity contribution in [3.8, 4) is 0 Å². The summed E-state index contributed by atoms with van der Waals surface area (Å²) in [5.41, 5.74) is 0. The number of amides is 1. The van der Waals surface area contributed by atoms with Gasteiger partial charge in [-0.15, -0.1) is 0 Å². The van der Waals surface area contributed by atoms with Gasteiger partial charge in [-0.2, -0.15) is 0 Å². The Morgan fingerprint density at radius 3 is 2.89 bits per heavy atom. The molecule has 0 aliphatic carbocycles. The van der Waals surface area contributed by atoms with Gasteiger partial charge in [-0.05, 0) is 38.3 Å². The molecule has 1 aliphatic heterocycles. The van der Waals surface area contributed by atoms with Crippen molar-refractivity contribution in [2.75, 3.05) is 32.7 Å². The number of rotatable bonds is 7. The normalized spacial score (nSPS) is 21.2. The third kappa shape index (κ3) is 6.36. The Morgan fingerprint density at radius 1 is 1.44 bits per heavy atom. The van der Waals surface area contributed by atoms with Gasteiger partial charge in [0.15, 0.2) is 0 Å². The molecule has 0 spiro atoms. The van der Waals surface area contributed by atoms with E-state index in [-0.39, 0.29) is 5.91 Å². The second-order valence-corrected chi connectivity index (χ2v) is 5.66. The third-order valence-electron chi connectivity index (χ3n) is 3.41. The molecular formula is C14H29N3O. The molecule has 4 nitrogen and oxygen atoms in total. The number of hydrogen-bond donors (Lipinski definition) is 2. The third-order valence-corrected chi connectivity index (χ3v) is 3.41. The van der Waals surface area contributed by atoms with Gasteiger partial charge in [0.1, 0.15) is 0 Å². The average Bonchev–Trinajstić information content (AvgIpc) is 2.29. The summed E-state index contributed by atoms with van der Waals surface area (Å²) < 4.78 is 0. The van der Waals surface area contributed by atoms with Crippen molar-refractivity contribution in [3.05, 3.63) is 0 Å². The van der Waals surface area contributed by atoms with Crippen molar-refractivity contribution in [1.82, 2.24) is 15.5 Å². The fourth-order valence-corrected chi connectivity index (χ4v) is 2.41. The fraction of sp³-hybridized carbons (Fsp3) is 0.929. The van der Waals surface area contributed by atoms with Gasteiger partial charge in [0.2, 0.25) is 5.91 Å². The minimum Gasteiger partial charge on any atom is -0.355 e. The Labute approximate surface area is 111 Å². The van der Waals surface area contributed by atoms with Crippen LogP contribution in [0.4, 0.5) is 0 Å². The zero-order valence-electron chi connectivity index (χ0n) is 12.2. The van der Waals surface area contributed by atoms with E-state index in [2.05, 4.69) is 36.3 Å². The van der Waals surface area contributed by atoms with Gasteiger partial charge >= 0.3 is 0 Å². The van der Waals surface area contributed by atoms with Gasteiger partial charge in [-0.1, -0.05) is 20.8 Å². The molecule has 2 N–H and O–H groups in total. The first kappa shape index (κ1) is 15.4. The number of likely N-dealkylation sites (N-methyl/N-ethyl adjacent to an activating group) is 1. The largest absolute Gasteiger partial charge is 0.355 e. The Bertz CT molecular complexity index is 241. The van der Waals surface area contributed by atoms with E-state index in [0.29, 0.717) is 18.5 Å². The molecule has 18 heavy (non-hydrogen) atoms. The summed E-state index contributed by atoms with van der Waals surface area (Å²) in [6.07, 6.45) is 3.49. The van der Waals surface area contributed by atoms with E-state index in [0.717, 1.165) is 32.6 Å². The highest BCUT2D eigenvalue weighted by Gasteiger charge is 2.20. The predicted molar refractivity (Wildman–Crippen MR) is 75.6 cm³/mol. The molecule has 0 aromatic heterocycles. The summed E-state index contributed by atoms with van der Waals surface area (Å²) in [6.45, 7) is 10.9. The molecular weight excluding hydrogens is 226 g/mol. The molecule has 1 aliphatic rings. The van der Waals surface area contributed by atoms with Crippen LogP contribution in [0, 0.1) is 5.92 Å². The van der Waals surface area contributed by atoms with Crippen molar-refractivity contribution in [2.24, 2.45) is 5.92 Å². The van der Waals surface area contributed by atoms with Crippen LogP contribution in [0.15, 0.2) is 0 Å². The molecule has 1 fully saturated rings. The van der Waals surface area contributed by atoms with Crippen LogP contribution in [0.1, 0.15) is 40.0 Å². The van der Waals surface area contributed by atoms with Crippen LogP contribution < -0.4 is 10.6 Å². The first-order chi connectivity index (χ1) is 8.61. The van der Waals surface area contributed by atoms with Crippen LogP contribution in [-0.2, 0) is 4.79 Å². The number of carbonyl (C=O) groups excluding carboxylic acids is 1. The molecule has 0 saturated carbocycles. The van der Waals surface area contributed by atoms with Gasteiger partial charge in [0, 0.05) is 19.1 Å². The number of likely N-dealkylation sites (tertiary alicyclic amines) is 1. The Morgan fingerprint density at radius 2 is 2.22 bits per heavy atom. The molecule has 1 amide bonds. The van der Waals surface area contributed by atoms with Gasteiger partial charge in [0.25, 0.3) is 0 Å². The summed E-state index contributed by atoms with van der Waals surface area (Å²) in [5, 5.41) is 6.48. The molecule has 0 aromatic carbocycles. The Kier molecular flexibility index (Phi) is 7.28. The van der Waals surface area contributed by atoms with Crippen LogP contribution in [0.2, 0.25) is 0 Å². The first-order valence-electron chi connectivity index (χ1n) is 7.34. The smallest absolute Gasteiger partial charge is 0.234 e. The number of nitrogens with zero attached hydrogens (tertiary/aromatic N) is 1. The number of carbonyl (C=O) groups is 1. The Hall–Kier alpha value is -0.610. The van der Waals surface area contributed by atoms with E-state index in [9.17, 15) is 4.79 Å². The minimum absolute atomic E-state index is 0.174. The molecule has 1 heterocycles. The van der Waals surface area contributed by atoms with E-state index in [1.54, 1.807) is 0 Å². The molecule has 0 aromatic rings. The van der Waals surface area contributed by atoms with Crippen LogP contribution in [-0.4, -0.2) is 49.6 Å². The second-order valence-electron chi connectivity index (χ2n) is 5.66. The van der Waals surface area contributed by atoms with Crippen molar-refractivity contribution in [1.29, 1.82) is 0 Å². The van der Waals surface area contributed by atoms with Gasteiger partial charge in [-0.25, -0.2) is 0 Å². The zero-order chi connectivity index (χ0) is 13.4. The maximum Gasteiger partial charge on any atom is 0.234 e. The lowest BCUT2D eigenvalue weighted by molar-refractivity contribution is -0.122. The molecule has 0 bridgehead atoms. The maximum absolute atomic E-state index is 11.8. The summed E-state index contributed by atoms with van der Waals surface area (Å²) in [5.74, 6) is 0.825. The first-order valence-corrected chi connectivity index (χ1v) is 7.34. The summed E-state index contributed by atoms with van der Waals surface area (Å²) in [4.78, 5) is 14.0. The lowest BCUT2D eigenvalue weighted by Gasteiger charge is -2.32. The van der Waals surface area contributed by atoms with E-state index in [1.165, 1.54) is 12.8 Å². The van der Waals surface area contributed by atoms with Crippen LogP contribution in [0.5, 0.6) is 0 Å². The Balaban J connectivity index is 2.18. The van der Waals surface area contributed by atoms with Crippen molar-refractivity contribution in [2.45, 2.75) is 46.1 Å². The molecule has 1 rings (SSSR count). The summed E-state index contributed by atoms with van der Waals surface area (Å²) >= 11 is 0. The van der Waals surface area contributed by atoms with Crippen LogP contribution in [0.3, 0.4) is 0 Å². The SMILES string of the molecule is CCNC1CCCN(CC(=O)NCCC(C)C)C1. The molecule has 1 unspecified atom stereocenters. The average molecular weight is 255 g/mol. The van der Waals surface area contributed by atoms with Crippen molar-refractivity contribution in [3.63, 3.8) is 0 Å². The standard InChI is InChI=1S/C14H29N3O/c1-4-15-13-6-5-9-17(10-13)11-14(18)16-8-7-12(2)3/h12-13,15H,4-11H2,1-3H3,(H,16,18). The topological polar surface area (TPSA) is 44.4 Å². The molecule has 106 valence electrons. The lowest BCUT2D eigenvalue weighted by atomic mass is 10.1. The molecule has 1 saturated heterocycles. The van der Waals surface area contributed by atoms with Crippen LogP contribution in [0.25, 0.3) is 0 Å². The highest BCUT2D eigenvalue weighted by molar-refractivity contribution is 5.77. The minimum atomic E-state index is 0.174. The lowest BCUT2D eigenvalue weighted by Crippen LogP contribution is -2.48. The highest BCUT2D eigenvalue weighted by Crippen LogP contribution is 2.09. The summed E-state index contributed by atoms with van der Waals surface area (Å²) in [6, 6.07) is 0.562. The van der Waals surface area contributed by atoms with E-state index in [4.69, 9.17) is 0 Å². The molecule has 4 heteroatoms. The quantitative estimate of drug-likeness (QED) is 0.719. The molecule has 0 radical (unpaired) electrons. The van der Waals surface area contributed by atoms with Crippen LogP contribution >= 0.6 is 0 Å². The van der Waals surface area contributed by atoms with Gasteiger partial charge in [-0.3, -0.25) is 9.69 Å². The van der Waals surface area contributed by atoms with Gasteiger partial charge in [0.05, 0.1) is 6.54 Å². The number of nitrogens with one attached hydrogen (secondary N) is 2.